The third-order valence-corrected chi connectivity index (χ3v) is 0.876. The quantitative estimate of drug-likeness (QED) is 0.344. The number of carbonyl (C=O) groups is 2. The Kier molecular flexibility index (Phi) is 4.73. The molecule has 0 rings (SSSR count). The summed E-state index contributed by atoms with van der Waals surface area (Å²) in [7, 11) is 1.29. The molecule has 3 heteroatoms. The van der Waals surface area contributed by atoms with E-state index in [1.165, 1.54) is 38.3 Å². The minimum atomic E-state index is -0.432. The van der Waals surface area contributed by atoms with E-state index in [1.807, 2.05) is 0 Å². The molecule has 0 saturated heterocycles. The van der Waals surface area contributed by atoms with Crippen LogP contribution in [0.2, 0.25) is 0 Å². The van der Waals surface area contributed by atoms with Crippen molar-refractivity contribution in [2.75, 3.05) is 7.11 Å². The zero-order valence-corrected chi connectivity index (χ0v) is 6.53. The highest BCUT2D eigenvalue weighted by Gasteiger charge is 1.86. The van der Waals surface area contributed by atoms with Gasteiger partial charge in [-0.1, -0.05) is 12.2 Å². The van der Waals surface area contributed by atoms with Crippen LogP contribution in [-0.4, -0.2) is 18.9 Å². The summed E-state index contributed by atoms with van der Waals surface area (Å²) in [5, 5.41) is 0. The topological polar surface area (TPSA) is 43.4 Å². The lowest BCUT2D eigenvalue weighted by Crippen LogP contribution is -1.92. The summed E-state index contributed by atoms with van der Waals surface area (Å²) in [4.78, 5) is 20.7. The highest BCUT2D eigenvalue weighted by atomic mass is 16.5. The first-order chi connectivity index (χ1) is 5.16. The number of ether oxygens (including phenoxy) is 1. The maximum Gasteiger partial charge on any atom is 0.330 e. The van der Waals surface area contributed by atoms with Gasteiger partial charge in [-0.05, 0) is 13.0 Å². The Morgan fingerprint density at radius 1 is 1.18 bits per heavy atom. The number of ketones is 1. The molecule has 0 aliphatic carbocycles. The van der Waals surface area contributed by atoms with Crippen LogP contribution < -0.4 is 0 Å². The molecule has 0 radical (unpaired) electrons. The lowest BCUT2D eigenvalue weighted by atomic mass is 10.3. The molecule has 0 fully saturated rings. The number of hydrogen-bond acceptors (Lipinski definition) is 3. The summed E-state index contributed by atoms with van der Waals surface area (Å²) < 4.78 is 4.31. The van der Waals surface area contributed by atoms with Crippen molar-refractivity contribution in [1.82, 2.24) is 0 Å². The van der Waals surface area contributed by atoms with Gasteiger partial charge in [-0.15, -0.1) is 0 Å². The second-order valence-electron chi connectivity index (χ2n) is 1.85. The van der Waals surface area contributed by atoms with Gasteiger partial charge < -0.3 is 4.74 Å². The second kappa shape index (κ2) is 5.41. The molecule has 0 N–H and O–H groups in total. The van der Waals surface area contributed by atoms with Crippen molar-refractivity contribution in [2.45, 2.75) is 6.92 Å². The zero-order chi connectivity index (χ0) is 8.69. The van der Waals surface area contributed by atoms with Crippen LogP contribution in [-0.2, 0) is 14.3 Å². The molecule has 0 atom stereocenters. The molecule has 0 aromatic heterocycles. The summed E-state index contributed by atoms with van der Waals surface area (Å²) in [6.45, 7) is 1.43. The minimum Gasteiger partial charge on any atom is -0.466 e. The molecule has 60 valence electrons. The van der Waals surface area contributed by atoms with Gasteiger partial charge in [0.1, 0.15) is 0 Å². The molecule has 0 saturated carbocycles. The first kappa shape index (κ1) is 9.62. The van der Waals surface area contributed by atoms with Crippen molar-refractivity contribution < 1.29 is 14.3 Å². The molecular formula is C8H10O3. The van der Waals surface area contributed by atoms with Crippen LogP contribution in [0.25, 0.3) is 0 Å². The summed E-state index contributed by atoms with van der Waals surface area (Å²) in [6, 6.07) is 0. The predicted octanol–water partition coefficient (Wildman–Crippen LogP) is 0.861. The van der Waals surface area contributed by atoms with Crippen molar-refractivity contribution in [1.29, 1.82) is 0 Å². The molecule has 3 nitrogen and oxygen atoms in total. The Hall–Kier alpha value is -1.38. The first-order valence-electron chi connectivity index (χ1n) is 3.10. The second-order valence-corrected chi connectivity index (χ2v) is 1.85. The van der Waals surface area contributed by atoms with Gasteiger partial charge >= 0.3 is 5.97 Å². The third-order valence-electron chi connectivity index (χ3n) is 0.876. The highest BCUT2D eigenvalue weighted by molar-refractivity contribution is 5.88. The molecule has 0 aliphatic heterocycles. The van der Waals surface area contributed by atoms with Gasteiger partial charge in [0.15, 0.2) is 5.78 Å². The normalized spacial score (nSPS) is 10.7. The molecule has 0 aliphatic rings. The maximum absolute atomic E-state index is 10.4. The van der Waals surface area contributed by atoms with E-state index in [9.17, 15) is 9.59 Å². The smallest absolute Gasteiger partial charge is 0.330 e. The lowest BCUT2D eigenvalue weighted by Gasteiger charge is -1.85. The van der Waals surface area contributed by atoms with Crippen LogP contribution in [0.1, 0.15) is 6.92 Å². The molecule has 0 unspecified atom stereocenters. The summed E-state index contributed by atoms with van der Waals surface area (Å²) in [6.07, 6.45) is 5.53. The lowest BCUT2D eigenvalue weighted by molar-refractivity contribution is -0.134. The van der Waals surface area contributed by atoms with Crippen LogP contribution in [0.4, 0.5) is 0 Å². The van der Waals surface area contributed by atoms with Crippen molar-refractivity contribution >= 4 is 11.8 Å². The van der Waals surface area contributed by atoms with E-state index < -0.39 is 5.97 Å². The number of esters is 1. The average molecular weight is 154 g/mol. The van der Waals surface area contributed by atoms with E-state index in [0.717, 1.165) is 0 Å². The Morgan fingerprint density at radius 3 is 2.18 bits per heavy atom. The van der Waals surface area contributed by atoms with Gasteiger partial charge in [-0.3, -0.25) is 4.79 Å². The molecule has 11 heavy (non-hydrogen) atoms. The van der Waals surface area contributed by atoms with Gasteiger partial charge in [0.25, 0.3) is 0 Å². The van der Waals surface area contributed by atoms with Gasteiger partial charge in [-0.25, -0.2) is 4.79 Å². The van der Waals surface area contributed by atoms with E-state index in [0.29, 0.717) is 0 Å². The van der Waals surface area contributed by atoms with E-state index >= 15 is 0 Å². The fourth-order valence-corrected chi connectivity index (χ4v) is 0.393. The largest absolute Gasteiger partial charge is 0.466 e. The Bertz CT molecular complexity index is 201. The van der Waals surface area contributed by atoms with Crippen LogP contribution >= 0.6 is 0 Å². The van der Waals surface area contributed by atoms with Crippen LogP contribution in [0.3, 0.4) is 0 Å². The van der Waals surface area contributed by atoms with E-state index in [2.05, 4.69) is 4.74 Å². The third kappa shape index (κ3) is 6.51. The van der Waals surface area contributed by atoms with Crippen LogP contribution in [0, 0.1) is 0 Å². The molecule has 0 amide bonds. The zero-order valence-electron chi connectivity index (χ0n) is 6.53. The van der Waals surface area contributed by atoms with Crippen molar-refractivity contribution in [3.8, 4) is 0 Å². The minimum absolute atomic E-state index is 0.0560. The molecule has 0 aromatic carbocycles. The van der Waals surface area contributed by atoms with Crippen LogP contribution in [0.5, 0.6) is 0 Å². The predicted molar refractivity (Wildman–Crippen MR) is 41.0 cm³/mol. The Labute approximate surface area is 65.4 Å². The van der Waals surface area contributed by atoms with Crippen molar-refractivity contribution in [3.63, 3.8) is 0 Å². The Balaban J connectivity index is 3.77. The summed E-state index contributed by atoms with van der Waals surface area (Å²) >= 11 is 0. The summed E-state index contributed by atoms with van der Waals surface area (Å²) in [5.74, 6) is -0.488. The van der Waals surface area contributed by atoms with E-state index in [4.69, 9.17) is 0 Å². The van der Waals surface area contributed by atoms with Crippen LogP contribution in [0.15, 0.2) is 24.3 Å². The van der Waals surface area contributed by atoms with Crippen molar-refractivity contribution in [3.05, 3.63) is 24.3 Å². The maximum atomic E-state index is 10.4. The highest BCUT2D eigenvalue weighted by Crippen LogP contribution is 1.81. The van der Waals surface area contributed by atoms with E-state index in [-0.39, 0.29) is 5.78 Å². The Morgan fingerprint density at radius 2 is 1.73 bits per heavy atom. The molecule has 0 bridgehead atoms. The average Bonchev–Trinajstić information content (AvgIpc) is 1.97. The number of hydrogen-bond donors (Lipinski definition) is 0. The molecular weight excluding hydrogens is 144 g/mol. The number of carbonyl (C=O) groups excluding carboxylic acids is 2. The van der Waals surface area contributed by atoms with E-state index in [1.54, 1.807) is 0 Å². The number of allylic oxidation sites excluding steroid dienone is 3. The standard InChI is InChI=1S/C8H10O3/c1-7(9)5-3-4-6-8(10)11-2/h3-6H,1-2H3/b5-3+,6-4-. The molecule has 0 aromatic rings. The van der Waals surface area contributed by atoms with Gasteiger partial charge in [-0.2, -0.15) is 0 Å². The monoisotopic (exact) mass is 154 g/mol. The van der Waals surface area contributed by atoms with Gasteiger partial charge in [0, 0.05) is 6.08 Å². The van der Waals surface area contributed by atoms with Gasteiger partial charge in [0.05, 0.1) is 7.11 Å². The molecule has 0 spiro atoms. The fourth-order valence-electron chi connectivity index (χ4n) is 0.393. The SMILES string of the molecule is COC(=O)/C=C\C=C\C(C)=O. The fraction of sp³-hybridized carbons (Fsp3) is 0.250. The van der Waals surface area contributed by atoms with Crippen molar-refractivity contribution in [2.24, 2.45) is 0 Å². The molecule has 0 heterocycles. The summed E-state index contributed by atoms with van der Waals surface area (Å²) in [5.41, 5.74) is 0. The number of rotatable bonds is 3. The van der Waals surface area contributed by atoms with Gasteiger partial charge in [0.2, 0.25) is 0 Å². The number of methoxy groups -OCH3 is 1. The first-order valence-corrected chi connectivity index (χ1v) is 3.10.